The lowest BCUT2D eigenvalue weighted by Gasteiger charge is -2.32. The summed E-state index contributed by atoms with van der Waals surface area (Å²) in [6.07, 6.45) is 1.93. The molecule has 5 nitrogen and oxygen atoms in total. The zero-order valence-electron chi connectivity index (χ0n) is 12.6. The normalized spacial score (nSPS) is 19.7. The number of pyridine rings is 1. The van der Waals surface area contributed by atoms with Gasteiger partial charge in [0.1, 0.15) is 0 Å². The number of ether oxygens (including phenoxy) is 1. The standard InChI is InChI=1S/C14H19BN2O3/c1-13(2)14(3,4)20-15(19-13)11-8-10(6-7-16)9-17-12(11)18-5/h8-9H,6H2,1-5H3. The van der Waals surface area contributed by atoms with Crippen molar-refractivity contribution >= 4 is 12.6 Å². The Labute approximate surface area is 120 Å². The average Bonchev–Trinajstić information content (AvgIpc) is 2.59. The van der Waals surface area contributed by atoms with Gasteiger partial charge in [-0.25, -0.2) is 4.98 Å². The molecule has 1 fully saturated rings. The molecule has 0 aromatic carbocycles. The number of nitriles is 1. The number of methoxy groups -OCH3 is 1. The van der Waals surface area contributed by atoms with Crippen molar-refractivity contribution in [1.82, 2.24) is 4.98 Å². The first-order chi connectivity index (χ1) is 9.30. The molecule has 0 bridgehead atoms. The molecular weight excluding hydrogens is 255 g/mol. The first kappa shape index (κ1) is 14.8. The van der Waals surface area contributed by atoms with E-state index in [4.69, 9.17) is 19.3 Å². The molecule has 0 amide bonds. The van der Waals surface area contributed by atoms with Crippen molar-refractivity contribution in [3.8, 4) is 11.9 Å². The summed E-state index contributed by atoms with van der Waals surface area (Å²) in [5, 5.41) is 8.80. The van der Waals surface area contributed by atoms with Crippen molar-refractivity contribution in [3.63, 3.8) is 0 Å². The van der Waals surface area contributed by atoms with Gasteiger partial charge in [-0.05, 0) is 33.3 Å². The van der Waals surface area contributed by atoms with Gasteiger partial charge in [0.05, 0.1) is 30.8 Å². The van der Waals surface area contributed by atoms with Gasteiger partial charge in [-0.3, -0.25) is 0 Å². The predicted molar refractivity (Wildman–Crippen MR) is 75.8 cm³/mol. The largest absolute Gasteiger partial charge is 0.500 e. The second-order valence-electron chi connectivity index (χ2n) is 5.87. The zero-order chi connectivity index (χ0) is 15.0. The molecular formula is C14H19BN2O3. The Bertz CT molecular complexity index is 536. The molecule has 2 rings (SSSR count). The molecule has 1 saturated heterocycles. The minimum absolute atomic E-state index is 0.295. The van der Waals surface area contributed by atoms with Gasteiger partial charge in [0, 0.05) is 11.7 Å². The van der Waals surface area contributed by atoms with Crippen molar-refractivity contribution in [2.24, 2.45) is 0 Å². The number of rotatable bonds is 3. The second kappa shape index (κ2) is 5.08. The fourth-order valence-corrected chi connectivity index (χ4v) is 2.01. The Kier molecular flexibility index (Phi) is 3.76. The fourth-order valence-electron chi connectivity index (χ4n) is 2.01. The molecule has 0 radical (unpaired) electrons. The third kappa shape index (κ3) is 2.51. The van der Waals surface area contributed by atoms with Crippen LogP contribution in [0.5, 0.6) is 5.88 Å². The highest BCUT2D eigenvalue weighted by atomic mass is 16.7. The SMILES string of the molecule is COc1ncc(CC#N)cc1B1OC(C)(C)C(C)(C)O1. The second-order valence-corrected chi connectivity index (χ2v) is 5.87. The summed E-state index contributed by atoms with van der Waals surface area (Å²) in [4.78, 5) is 4.22. The monoisotopic (exact) mass is 274 g/mol. The molecule has 1 aliphatic rings. The van der Waals surface area contributed by atoms with Crippen LogP contribution in [0.25, 0.3) is 0 Å². The van der Waals surface area contributed by atoms with Crippen LogP contribution in [0.4, 0.5) is 0 Å². The van der Waals surface area contributed by atoms with E-state index in [-0.39, 0.29) is 0 Å². The van der Waals surface area contributed by atoms with Gasteiger partial charge in [0.2, 0.25) is 5.88 Å². The summed E-state index contributed by atoms with van der Waals surface area (Å²) in [6.45, 7) is 7.97. The molecule has 1 aromatic heterocycles. The van der Waals surface area contributed by atoms with Crippen LogP contribution in [0.1, 0.15) is 33.3 Å². The molecule has 20 heavy (non-hydrogen) atoms. The molecule has 6 heteroatoms. The lowest BCUT2D eigenvalue weighted by Crippen LogP contribution is -2.41. The van der Waals surface area contributed by atoms with Gasteiger partial charge in [-0.1, -0.05) is 6.07 Å². The summed E-state index contributed by atoms with van der Waals surface area (Å²) >= 11 is 0. The van der Waals surface area contributed by atoms with E-state index in [1.165, 1.54) is 0 Å². The third-order valence-electron chi connectivity index (χ3n) is 3.92. The molecule has 0 atom stereocenters. The maximum absolute atomic E-state index is 8.80. The van der Waals surface area contributed by atoms with Crippen LogP contribution in [-0.2, 0) is 15.7 Å². The molecule has 0 N–H and O–H groups in total. The van der Waals surface area contributed by atoms with Crippen LogP contribution in [0, 0.1) is 11.3 Å². The van der Waals surface area contributed by atoms with Crippen molar-refractivity contribution in [1.29, 1.82) is 5.26 Å². The summed E-state index contributed by atoms with van der Waals surface area (Å²) in [6, 6.07) is 3.97. The van der Waals surface area contributed by atoms with E-state index in [9.17, 15) is 0 Å². The summed E-state index contributed by atoms with van der Waals surface area (Å²) in [7, 11) is 1.02. The van der Waals surface area contributed by atoms with Crippen molar-refractivity contribution in [3.05, 3.63) is 17.8 Å². The van der Waals surface area contributed by atoms with Crippen molar-refractivity contribution < 1.29 is 14.0 Å². The molecule has 2 heterocycles. The van der Waals surface area contributed by atoms with Crippen LogP contribution in [0.15, 0.2) is 12.3 Å². The van der Waals surface area contributed by atoms with Gasteiger partial charge in [-0.2, -0.15) is 5.26 Å². The van der Waals surface area contributed by atoms with Gasteiger partial charge >= 0.3 is 7.12 Å². The lowest BCUT2D eigenvalue weighted by molar-refractivity contribution is 0.00578. The molecule has 0 aliphatic carbocycles. The van der Waals surface area contributed by atoms with Gasteiger partial charge in [0.15, 0.2) is 0 Å². The number of nitrogens with zero attached hydrogens (tertiary/aromatic N) is 2. The molecule has 1 aromatic rings. The van der Waals surface area contributed by atoms with Crippen LogP contribution in [-0.4, -0.2) is 30.4 Å². The summed E-state index contributed by atoms with van der Waals surface area (Å²) in [5.41, 5.74) is 0.693. The van der Waals surface area contributed by atoms with Crippen LogP contribution in [0.2, 0.25) is 0 Å². The number of hydrogen-bond donors (Lipinski definition) is 0. The quantitative estimate of drug-likeness (QED) is 0.781. The van der Waals surface area contributed by atoms with Crippen LogP contribution in [0.3, 0.4) is 0 Å². The van der Waals surface area contributed by atoms with E-state index in [2.05, 4.69) is 11.1 Å². The van der Waals surface area contributed by atoms with Gasteiger partial charge < -0.3 is 14.0 Å². The van der Waals surface area contributed by atoms with E-state index in [0.29, 0.717) is 12.3 Å². The minimum Gasteiger partial charge on any atom is -0.481 e. The van der Waals surface area contributed by atoms with E-state index in [1.807, 2.05) is 33.8 Å². The molecule has 106 valence electrons. The van der Waals surface area contributed by atoms with E-state index in [0.717, 1.165) is 11.0 Å². The van der Waals surface area contributed by atoms with Crippen LogP contribution >= 0.6 is 0 Å². The third-order valence-corrected chi connectivity index (χ3v) is 3.92. The Balaban J connectivity index is 2.38. The van der Waals surface area contributed by atoms with Crippen molar-refractivity contribution in [2.45, 2.75) is 45.3 Å². The first-order valence-corrected chi connectivity index (χ1v) is 6.56. The topological polar surface area (TPSA) is 64.4 Å². The fraction of sp³-hybridized carbons (Fsp3) is 0.571. The van der Waals surface area contributed by atoms with Gasteiger partial charge in [0.25, 0.3) is 0 Å². The Morgan fingerprint density at radius 1 is 1.30 bits per heavy atom. The highest BCUT2D eigenvalue weighted by Crippen LogP contribution is 2.37. The Morgan fingerprint density at radius 3 is 2.40 bits per heavy atom. The highest BCUT2D eigenvalue weighted by molar-refractivity contribution is 6.63. The maximum atomic E-state index is 8.80. The number of hydrogen-bond acceptors (Lipinski definition) is 5. The highest BCUT2D eigenvalue weighted by Gasteiger charge is 2.52. The van der Waals surface area contributed by atoms with Crippen LogP contribution < -0.4 is 10.2 Å². The molecule has 1 aliphatic heterocycles. The lowest BCUT2D eigenvalue weighted by atomic mass is 9.79. The minimum atomic E-state index is -0.541. The number of aromatic nitrogens is 1. The maximum Gasteiger partial charge on any atom is 0.500 e. The average molecular weight is 274 g/mol. The van der Waals surface area contributed by atoms with Crippen molar-refractivity contribution in [2.75, 3.05) is 7.11 Å². The van der Waals surface area contributed by atoms with Gasteiger partial charge in [-0.15, -0.1) is 0 Å². The van der Waals surface area contributed by atoms with E-state index in [1.54, 1.807) is 13.3 Å². The Morgan fingerprint density at radius 2 is 1.90 bits per heavy atom. The summed E-state index contributed by atoms with van der Waals surface area (Å²) in [5.74, 6) is 0.463. The predicted octanol–water partition coefficient (Wildman–Crippen LogP) is 1.46. The Hall–Kier alpha value is -1.58. The molecule has 0 unspecified atom stereocenters. The molecule has 0 saturated carbocycles. The molecule has 0 spiro atoms. The smallest absolute Gasteiger partial charge is 0.481 e. The zero-order valence-corrected chi connectivity index (χ0v) is 12.6. The first-order valence-electron chi connectivity index (χ1n) is 6.56. The summed E-state index contributed by atoms with van der Waals surface area (Å²) < 4.78 is 17.3. The van der Waals surface area contributed by atoms with E-state index < -0.39 is 18.3 Å². The van der Waals surface area contributed by atoms with E-state index >= 15 is 0 Å².